The highest BCUT2D eigenvalue weighted by Gasteiger charge is 2.35. The maximum absolute atomic E-state index is 6.12. The quantitative estimate of drug-likeness (QED) is 0.473. The number of nitrogens with zero attached hydrogens (tertiary/aromatic N) is 1. The minimum atomic E-state index is -0.633. The van der Waals surface area contributed by atoms with Crippen molar-refractivity contribution in [3.63, 3.8) is 0 Å². The van der Waals surface area contributed by atoms with Crippen LogP contribution in [0.4, 0.5) is 0 Å². The van der Waals surface area contributed by atoms with E-state index in [9.17, 15) is 0 Å². The molecule has 1 aromatic carbocycles. The highest BCUT2D eigenvalue weighted by molar-refractivity contribution is 7.79. The van der Waals surface area contributed by atoms with E-state index < -0.39 is 11.9 Å². The molecule has 0 bridgehead atoms. The number of benzene rings is 1. The van der Waals surface area contributed by atoms with Crippen LogP contribution in [-0.2, 0) is 14.2 Å². The van der Waals surface area contributed by atoms with Crippen LogP contribution in [-0.4, -0.2) is 28.7 Å². The minimum Gasteiger partial charge on any atom is -0.448 e. The molecule has 144 valence electrons. The van der Waals surface area contributed by atoms with Gasteiger partial charge in [0.1, 0.15) is 17.0 Å². The number of hydrogen-bond acceptors (Lipinski definition) is 6. The Hall–Kier alpha value is -1.44. The predicted molar refractivity (Wildman–Crippen MR) is 107 cm³/mol. The smallest absolute Gasteiger partial charge is 0.358 e. The SMILES string of the molecule is CC1(C)OC[C@H](CC(OC(=S)Oc2ccccc2)c2cnc(Cl)c(Cl)c2)O1. The molecular formula is C19H19Cl2NO4S. The molecule has 1 unspecified atom stereocenters. The highest BCUT2D eigenvalue weighted by Crippen LogP contribution is 2.33. The number of ether oxygens (including phenoxy) is 4. The van der Waals surface area contributed by atoms with Crippen molar-refractivity contribution >= 4 is 40.7 Å². The van der Waals surface area contributed by atoms with Gasteiger partial charge in [0.15, 0.2) is 5.79 Å². The summed E-state index contributed by atoms with van der Waals surface area (Å²) in [7, 11) is 0. The van der Waals surface area contributed by atoms with E-state index in [4.69, 9.17) is 54.4 Å². The Morgan fingerprint density at radius 1 is 1.33 bits per heavy atom. The van der Waals surface area contributed by atoms with Crippen LogP contribution in [0.5, 0.6) is 5.75 Å². The molecular weight excluding hydrogens is 409 g/mol. The first-order valence-electron chi connectivity index (χ1n) is 8.38. The first kappa shape index (κ1) is 20.3. The molecule has 1 aliphatic heterocycles. The third-order valence-corrected chi connectivity index (χ3v) is 4.78. The number of para-hydroxylation sites is 1. The number of thiocarbonyl (C=S) groups is 1. The minimum absolute atomic E-state index is 0.00421. The predicted octanol–water partition coefficient (Wildman–Crippen LogP) is 5.35. The van der Waals surface area contributed by atoms with E-state index in [2.05, 4.69) is 4.98 Å². The Labute approximate surface area is 173 Å². The zero-order valence-corrected chi connectivity index (χ0v) is 17.2. The summed E-state index contributed by atoms with van der Waals surface area (Å²) in [6, 6.07) is 10.9. The van der Waals surface area contributed by atoms with Crippen molar-refractivity contribution in [3.05, 3.63) is 58.3 Å². The Morgan fingerprint density at radius 3 is 2.70 bits per heavy atom. The zero-order chi connectivity index (χ0) is 19.4. The Bertz CT molecular complexity index is 804. The van der Waals surface area contributed by atoms with Crippen LogP contribution in [0.15, 0.2) is 42.6 Å². The third kappa shape index (κ3) is 5.77. The average molecular weight is 428 g/mol. The fourth-order valence-corrected chi connectivity index (χ4v) is 3.20. The van der Waals surface area contributed by atoms with Crippen molar-refractivity contribution in [1.29, 1.82) is 0 Å². The van der Waals surface area contributed by atoms with Gasteiger partial charge in [0.2, 0.25) is 0 Å². The van der Waals surface area contributed by atoms with Gasteiger partial charge in [-0.25, -0.2) is 4.98 Å². The van der Waals surface area contributed by atoms with Crippen LogP contribution in [0.1, 0.15) is 31.9 Å². The maximum Gasteiger partial charge on any atom is 0.358 e. The summed E-state index contributed by atoms with van der Waals surface area (Å²) >= 11 is 17.3. The fraction of sp³-hybridized carbons (Fsp3) is 0.368. The lowest BCUT2D eigenvalue weighted by atomic mass is 10.1. The summed E-state index contributed by atoms with van der Waals surface area (Å²) in [5.74, 6) is -0.0401. The molecule has 1 aliphatic rings. The summed E-state index contributed by atoms with van der Waals surface area (Å²) < 4.78 is 23.0. The van der Waals surface area contributed by atoms with E-state index >= 15 is 0 Å². The number of pyridine rings is 1. The lowest BCUT2D eigenvalue weighted by Gasteiger charge is -2.23. The molecule has 2 aromatic rings. The summed E-state index contributed by atoms with van der Waals surface area (Å²) in [6.45, 7) is 4.19. The van der Waals surface area contributed by atoms with Gasteiger partial charge in [0, 0.05) is 30.4 Å². The molecule has 2 heterocycles. The summed E-state index contributed by atoms with van der Waals surface area (Å²) in [6.07, 6.45) is 1.44. The second-order valence-electron chi connectivity index (χ2n) is 6.50. The molecule has 1 saturated heterocycles. The van der Waals surface area contributed by atoms with Gasteiger partial charge in [-0.2, -0.15) is 0 Å². The van der Waals surface area contributed by atoms with Crippen LogP contribution in [0.25, 0.3) is 0 Å². The second-order valence-corrected chi connectivity index (χ2v) is 7.60. The molecule has 8 heteroatoms. The molecule has 0 spiro atoms. The molecule has 3 rings (SSSR count). The number of halogens is 2. The highest BCUT2D eigenvalue weighted by atomic mass is 35.5. The average Bonchev–Trinajstić information content (AvgIpc) is 2.96. The van der Waals surface area contributed by atoms with E-state index in [-0.39, 0.29) is 16.5 Å². The van der Waals surface area contributed by atoms with Crippen molar-refractivity contribution in [2.75, 3.05) is 6.61 Å². The molecule has 1 fully saturated rings. The van der Waals surface area contributed by atoms with Crippen molar-refractivity contribution in [3.8, 4) is 5.75 Å². The molecule has 0 aliphatic carbocycles. The Morgan fingerprint density at radius 2 is 2.07 bits per heavy atom. The molecule has 2 atom stereocenters. The van der Waals surface area contributed by atoms with E-state index in [1.165, 1.54) is 0 Å². The normalized spacial score (nSPS) is 19.5. The number of rotatable bonds is 5. The number of aromatic nitrogens is 1. The molecule has 0 saturated carbocycles. The van der Waals surface area contributed by atoms with Gasteiger partial charge in [-0.15, -0.1) is 0 Å². The summed E-state index contributed by atoms with van der Waals surface area (Å²) in [5, 5.41) is 0.556. The molecule has 0 radical (unpaired) electrons. The van der Waals surface area contributed by atoms with Gasteiger partial charge in [-0.1, -0.05) is 41.4 Å². The molecule has 27 heavy (non-hydrogen) atoms. The van der Waals surface area contributed by atoms with Crippen molar-refractivity contribution in [2.45, 2.75) is 38.3 Å². The van der Waals surface area contributed by atoms with Gasteiger partial charge in [0.25, 0.3) is 0 Å². The molecule has 0 N–H and O–H groups in total. The number of hydrogen-bond donors (Lipinski definition) is 0. The summed E-state index contributed by atoms with van der Waals surface area (Å²) in [5.41, 5.74) is 0.719. The maximum atomic E-state index is 6.12. The van der Waals surface area contributed by atoms with Gasteiger partial charge < -0.3 is 18.9 Å². The van der Waals surface area contributed by atoms with Crippen molar-refractivity contribution in [2.24, 2.45) is 0 Å². The van der Waals surface area contributed by atoms with E-state index in [0.29, 0.717) is 23.8 Å². The van der Waals surface area contributed by atoms with Crippen LogP contribution in [0.3, 0.4) is 0 Å². The van der Waals surface area contributed by atoms with Gasteiger partial charge in [-0.3, -0.25) is 0 Å². The molecule has 1 aromatic heterocycles. The van der Waals surface area contributed by atoms with E-state index in [1.54, 1.807) is 24.4 Å². The summed E-state index contributed by atoms with van der Waals surface area (Å²) in [4.78, 5) is 4.09. The monoisotopic (exact) mass is 427 g/mol. The molecule has 5 nitrogen and oxygen atoms in total. The lowest BCUT2D eigenvalue weighted by Crippen LogP contribution is -2.24. The van der Waals surface area contributed by atoms with Crippen LogP contribution >= 0.6 is 35.4 Å². The second kappa shape index (κ2) is 8.71. The van der Waals surface area contributed by atoms with E-state index in [1.807, 2.05) is 32.0 Å². The van der Waals surface area contributed by atoms with Crippen molar-refractivity contribution < 1.29 is 18.9 Å². The van der Waals surface area contributed by atoms with Crippen LogP contribution < -0.4 is 4.74 Å². The van der Waals surface area contributed by atoms with Gasteiger partial charge in [-0.05, 0) is 32.0 Å². The topological polar surface area (TPSA) is 49.8 Å². The molecule has 0 amide bonds. The first-order valence-corrected chi connectivity index (χ1v) is 9.55. The Kier molecular flexibility index (Phi) is 6.55. The third-order valence-electron chi connectivity index (χ3n) is 3.92. The van der Waals surface area contributed by atoms with Crippen molar-refractivity contribution in [1.82, 2.24) is 4.98 Å². The van der Waals surface area contributed by atoms with Crippen LogP contribution in [0.2, 0.25) is 10.2 Å². The zero-order valence-electron chi connectivity index (χ0n) is 14.9. The standard InChI is InChI=1S/C19H19Cl2NO4S/c1-19(2)23-11-14(26-19)9-16(12-8-15(20)17(21)22-10-12)25-18(27)24-13-6-4-3-5-7-13/h3-8,10,14,16H,9,11H2,1-2H3/t14-,16?/m0/s1. The van der Waals surface area contributed by atoms with Gasteiger partial charge >= 0.3 is 5.24 Å². The fourth-order valence-electron chi connectivity index (χ4n) is 2.71. The largest absolute Gasteiger partial charge is 0.448 e. The van der Waals surface area contributed by atoms with Gasteiger partial charge in [0.05, 0.1) is 17.7 Å². The lowest BCUT2D eigenvalue weighted by molar-refractivity contribution is -0.141. The van der Waals surface area contributed by atoms with E-state index in [0.717, 1.165) is 5.56 Å². The Balaban J connectivity index is 1.74. The first-order chi connectivity index (χ1) is 12.8. The van der Waals surface area contributed by atoms with Crippen LogP contribution in [0, 0.1) is 0 Å².